The molecular weight excluding hydrogens is 272 g/mol. The van der Waals surface area contributed by atoms with E-state index in [0.29, 0.717) is 5.00 Å². The Morgan fingerprint density at radius 1 is 1.47 bits per heavy atom. The van der Waals surface area contributed by atoms with Crippen LogP contribution in [0.25, 0.3) is 0 Å². The number of nitro benzene ring substituents is 1. The van der Waals surface area contributed by atoms with Gasteiger partial charge in [0.2, 0.25) is 11.7 Å². The number of primary amides is 1. The summed E-state index contributed by atoms with van der Waals surface area (Å²) in [6.07, 6.45) is 1.38. The van der Waals surface area contributed by atoms with Crippen LogP contribution < -0.4 is 16.2 Å². The first-order chi connectivity index (χ1) is 8.97. The molecule has 0 aliphatic rings. The molecule has 0 atom stereocenters. The number of carbonyl (C=O) groups is 1. The van der Waals surface area contributed by atoms with E-state index < -0.39 is 10.8 Å². The number of carbonyl (C=O) groups excluding carboxylic acids is 1. The van der Waals surface area contributed by atoms with Crippen LogP contribution in [0.4, 0.5) is 10.7 Å². The second-order valence-electron chi connectivity index (χ2n) is 3.43. The molecule has 0 fully saturated rings. The van der Waals surface area contributed by atoms with E-state index in [-0.39, 0.29) is 22.2 Å². The van der Waals surface area contributed by atoms with E-state index >= 15 is 0 Å². The Balaban J connectivity index is 2.39. The summed E-state index contributed by atoms with van der Waals surface area (Å²) in [6, 6.07) is 3.67. The molecule has 4 N–H and O–H groups in total. The van der Waals surface area contributed by atoms with Crippen LogP contribution >= 0.6 is 11.3 Å². The molecule has 19 heavy (non-hydrogen) atoms. The van der Waals surface area contributed by atoms with Gasteiger partial charge in [-0.25, -0.2) is 4.98 Å². The number of nitrogen functional groups attached to an aromatic ring is 1. The number of rotatable bonds is 4. The third kappa shape index (κ3) is 2.77. The Morgan fingerprint density at radius 3 is 2.74 bits per heavy atom. The highest BCUT2D eigenvalue weighted by molar-refractivity contribution is 7.17. The van der Waals surface area contributed by atoms with Gasteiger partial charge in [0.1, 0.15) is 5.00 Å². The first kappa shape index (κ1) is 12.8. The normalized spacial score (nSPS) is 10.1. The van der Waals surface area contributed by atoms with Crippen LogP contribution in [0.1, 0.15) is 10.4 Å². The number of ether oxygens (including phenoxy) is 1. The number of amides is 1. The predicted molar refractivity (Wildman–Crippen MR) is 68.2 cm³/mol. The van der Waals surface area contributed by atoms with Gasteiger partial charge in [-0.1, -0.05) is 11.3 Å². The van der Waals surface area contributed by atoms with E-state index in [4.69, 9.17) is 16.2 Å². The van der Waals surface area contributed by atoms with E-state index in [9.17, 15) is 14.9 Å². The Labute approximate surface area is 110 Å². The van der Waals surface area contributed by atoms with Crippen LogP contribution in [0.15, 0.2) is 24.4 Å². The maximum absolute atomic E-state index is 11.0. The monoisotopic (exact) mass is 280 g/mol. The summed E-state index contributed by atoms with van der Waals surface area (Å²) in [4.78, 5) is 25.1. The van der Waals surface area contributed by atoms with Crippen molar-refractivity contribution in [3.8, 4) is 10.9 Å². The Bertz CT molecular complexity index is 655. The number of thiazole rings is 1. The zero-order valence-corrected chi connectivity index (χ0v) is 10.2. The Kier molecular flexibility index (Phi) is 3.29. The first-order valence-corrected chi connectivity index (χ1v) is 5.76. The number of hydrogen-bond acceptors (Lipinski definition) is 7. The van der Waals surface area contributed by atoms with Crippen molar-refractivity contribution >= 4 is 27.9 Å². The van der Waals surface area contributed by atoms with E-state index in [2.05, 4.69) is 4.98 Å². The Hall–Kier alpha value is -2.68. The van der Waals surface area contributed by atoms with Crippen molar-refractivity contribution < 1.29 is 14.5 Å². The van der Waals surface area contributed by atoms with Gasteiger partial charge in [0.15, 0.2) is 0 Å². The minimum Gasteiger partial charge on any atom is -0.423 e. The molecule has 1 aromatic carbocycles. The van der Waals surface area contributed by atoms with Gasteiger partial charge in [-0.05, 0) is 12.1 Å². The molecule has 0 saturated carbocycles. The lowest BCUT2D eigenvalue weighted by Gasteiger charge is -2.03. The third-order valence-corrected chi connectivity index (χ3v) is 2.84. The Morgan fingerprint density at radius 2 is 2.21 bits per heavy atom. The van der Waals surface area contributed by atoms with Crippen molar-refractivity contribution in [2.24, 2.45) is 5.73 Å². The van der Waals surface area contributed by atoms with Crippen molar-refractivity contribution in [3.05, 3.63) is 40.1 Å². The summed E-state index contributed by atoms with van der Waals surface area (Å²) in [5.74, 6) is -0.794. The lowest BCUT2D eigenvalue weighted by molar-refractivity contribution is -0.385. The molecule has 0 bridgehead atoms. The number of benzene rings is 1. The van der Waals surface area contributed by atoms with Gasteiger partial charge in [0, 0.05) is 11.6 Å². The summed E-state index contributed by atoms with van der Waals surface area (Å²) in [5, 5.41) is 11.5. The fourth-order valence-electron chi connectivity index (χ4n) is 1.31. The second kappa shape index (κ2) is 4.90. The molecule has 1 amide bonds. The van der Waals surface area contributed by atoms with Gasteiger partial charge < -0.3 is 16.2 Å². The highest BCUT2D eigenvalue weighted by Gasteiger charge is 2.19. The summed E-state index contributed by atoms with van der Waals surface area (Å²) in [5.41, 5.74) is 10.2. The molecule has 0 aliphatic carbocycles. The molecule has 8 nitrogen and oxygen atoms in total. The average molecular weight is 280 g/mol. The molecule has 9 heteroatoms. The number of nitrogens with two attached hydrogens (primary N) is 2. The van der Waals surface area contributed by atoms with Crippen molar-refractivity contribution in [3.63, 3.8) is 0 Å². The van der Waals surface area contributed by atoms with Crippen LogP contribution in [-0.2, 0) is 0 Å². The zero-order chi connectivity index (χ0) is 14.0. The van der Waals surface area contributed by atoms with Gasteiger partial charge in [-0.2, -0.15) is 0 Å². The SMILES string of the molecule is NC(=O)c1ccc(Oc2ncc(N)s2)c([N+](=O)[O-])c1. The smallest absolute Gasteiger partial charge is 0.312 e. The van der Waals surface area contributed by atoms with Crippen LogP contribution in [0.3, 0.4) is 0 Å². The minimum atomic E-state index is -0.756. The number of hydrogen-bond donors (Lipinski definition) is 2. The van der Waals surface area contributed by atoms with Gasteiger partial charge in [-0.15, -0.1) is 0 Å². The summed E-state index contributed by atoms with van der Waals surface area (Å²) >= 11 is 1.04. The topological polar surface area (TPSA) is 134 Å². The molecule has 0 saturated heterocycles. The number of anilines is 1. The number of nitro groups is 1. The van der Waals surface area contributed by atoms with Crippen LogP contribution in [0.2, 0.25) is 0 Å². The van der Waals surface area contributed by atoms with Crippen molar-refractivity contribution in [1.82, 2.24) is 4.98 Å². The molecule has 0 aliphatic heterocycles. The van der Waals surface area contributed by atoms with Gasteiger partial charge in [0.05, 0.1) is 11.1 Å². The van der Waals surface area contributed by atoms with Gasteiger partial charge >= 0.3 is 5.69 Å². The highest BCUT2D eigenvalue weighted by atomic mass is 32.1. The van der Waals surface area contributed by atoms with E-state index in [1.807, 2.05) is 0 Å². The molecule has 98 valence electrons. The van der Waals surface area contributed by atoms with Crippen molar-refractivity contribution in [2.75, 3.05) is 5.73 Å². The largest absolute Gasteiger partial charge is 0.423 e. The molecular formula is C10H8N4O4S. The maximum Gasteiger partial charge on any atom is 0.312 e. The summed E-state index contributed by atoms with van der Waals surface area (Å²) in [7, 11) is 0. The standard InChI is InChI=1S/C10H8N4O4S/c11-8-4-13-10(19-8)18-7-2-1-5(9(12)15)3-6(7)14(16)17/h1-4H,11H2,(H2,12,15). The lowest BCUT2D eigenvalue weighted by atomic mass is 10.2. The quantitative estimate of drug-likeness (QED) is 0.644. The van der Waals surface area contributed by atoms with E-state index in [1.54, 1.807) is 0 Å². The molecule has 0 spiro atoms. The van der Waals surface area contributed by atoms with Crippen molar-refractivity contribution in [1.29, 1.82) is 0 Å². The molecule has 2 aromatic rings. The number of nitrogens with zero attached hydrogens (tertiary/aromatic N) is 2. The highest BCUT2D eigenvalue weighted by Crippen LogP contribution is 2.34. The average Bonchev–Trinajstić information content (AvgIpc) is 2.74. The van der Waals surface area contributed by atoms with Crippen LogP contribution in [0.5, 0.6) is 10.9 Å². The van der Waals surface area contributed by atoms with Crippen molar-refractivity contribution in [2.45, 2.75) is 0 Å². The first-order valence-electron chi connectivity index (χ1n) is 4.95. The number of aromatic nitrogens is 1. The summed E-state index contributed by atoms with van der Waals surface area (Å²) in [6.45, 7) is 0. The van der Waals surface area contributed by atoms with Gasteiger partial charge in [-0.3, -0.25) is 14.9 Å². The van der Waals surface area contributed by atoms with Crippen LogP contribution in [-0.4, -0.2) is 15.8 Å². The van der Waals surface area contributed by atoms with E-state index in [1.165, 1.54) is 18.3 Å². The predicted octanol–water partition coefficient (Wildman–Crippen LogP) is 1.52. The van der Waals surface area contributed by atoms with E-state index in [0.717, 1.165) is 17.4 Å². The fraction of sp³-hybridized carbons (Fsp3) is 0. The molecule has 1 heterocycles. The molecule has 2 rings (SSSR count). The molecule has 1 aromatic heterocycles. The maximum atomic E-state index is 11.0. The van der Waals surface area contributed by atoms with Crippen LogP contribution in [0, 0.1) is 10.1 Å². The summed E-state index contributed by atoms with van der Waals surface area (Å²) < 4.78 is 5.26. The fourth-order valence-corrected chi connectivity index (χ4v) is 1.85. The lowest BCUT2D eigenvalue weighted by Crippen LogP contribution is -2.11. The third-order valence-electron chi connectivity index (χ3n) is 2.14. The molecule has 0 unspecified atom stereocenters. The zero-order valence-electron chi connectivity index (χ0n) is 9.40. The minimum absolute atomic E-state index is 0.0257. The van der Waals surface area contributed by atoms with Gasteiger partial charge in [0.25, 0.3) is 5.19 Å². The molecule has 0 radical (unpaired) electrons. The second-order valence-corrected chi connectivity index (χ2v) is 4.46.